The number of pyridine rings is 1. The Morgan fingerprint density at radius 2 is 2.20 bits per heavy atom. The number of nitrogen functional groups attached to an aromatic ring is 1. The molecule has 0 unspecified atom stereocenters. The Hall–Kier alpha value is -1.63. The van der Waals surface area contributed by atoms with Gasteiger partial charge in [-0.05, 0) is 12.1 Å². The fraction of sp³-hybridized carbons (Fsp3) is 0.250. The summed E-state index contributed by atoms with van der Waals surface area (Å²) in [6.45, 7) is 0. The van der Waals surface area contributed by atoms with E-state index in [1.807, 2.05) is 4.72 Å². The molecule has 1 amide bonds. The first kappa shape index (κ1) is 11.4. The number of sulfonamides is 1. The van der Waals surface area contributed by atoms with Crippen LogP contribution in [-0.4, -0.2) is 25.6 Å². The molecular formula is C8H11N3O3S. The first-order valence-corrected chi connectivity index (χ1v) is 5.97. The predicted octanol–water partition coefficient (Wildman–Crippen LogP) is -0.718. The Kier molecular flexibility index (Phi) is 3.25. The van der Waals surface area contributed by atoms with Crippen molar-refractivity contribution in [2.24, 2.45) is 0 Å². The van der Waals surface area contributed by atoms with E-state index in [-0.39, 0.29) is 6.42 Å². The molecule has 0 radical (unpaired) electrons. The molecule has 0 saturated carbocycles. The quantitative estimate of drug-likeness (QED) is 0.712. The van der Waals surface area contributed by atoms with Gasteiger partial charge in [-0.15, -0.1) is 0 Å². The van der Waals surface area contributed by atoms with E-state index >= 15 is 0 Å². The van der Waals surface area contributed by atoms with Gasteiger partial charge in [-0.2, -0.15) is 0 Å². The standard InChI is InChI=1S/C8H11N3O3S/c1-15(13,14)11-8(12)4-7-3-2-6(9)5-10-7/h2-3,5H,4,9H2,1H3,(H,11,12). The highest BCUT2D eigenvalue weighted by Crippen LogP contribution is 2.01. The summed E-state index contributed by atoms with van der Waals surface area (Å²) in [4.78, 5) is 15.0. The zero-order valence-corrected chi connectivity index (χ0v) is 8.91. The minimum Gasteiger partial charge on any atom is -0.397 e. The number of rotatable bonds is 3. The first-order valence-electron chi connectivity index (χ1n) is 4.08. The van der Waals surface area contributed by atoms with Crippen molar-refractivity contribution in [2.45, 2.75) is 6.42 Å². The molecule has 6 nitrogen and oxygen atoms in total. The van der Waals surface area contributed by atoms with Crippen LogP contribution < -0.4 is 10.5 Å². The van der Waals surface area contributed by atoms with Gasteiger partial charge in [0, 0.05) is 5.69 Å². The second-order valence-corrected chi connectivity index (χ2v) is 4.81. The number of amides is 1. The molecule has 0 saturated heterocycles. The number of hydrogen-bond acceptors (Lipinski definition) is 5. The number of hydrogen-bond donors (Lipinski definition) is 2. The molecule has 7 heteroatoms. The van der Waals surface area contributed by atoms with E-state index in [0.29, 0.717) is 11.4 Å². The lowest BCUT2D eigenvalue weighted by atomic mass is 10.2. The largest absolute Gasteiger partial charge is 0.397 e. The highest BCUT2D eigenvalue weighted by atomic mass is 32.2. The van der Waals surface area contributed by atoms with E-state index in [4.69, 9.17) is 5.73 Å². The molecule has 1 rings (SSSR count). The monoisotopic (exact) mass is 229 g/mol. The van der Waals surface area contributed by atoms with Gasteiger partial charge in [0.15, 0.2) is 0 Å². The Bertz CT molecular complexity index is 453. The number of nitrogens with one attached hydrogen (secondary N) is 1. The topological polar surface area (TPSA) is 102 Å². The number of nitrogens with two attached hydrogens (primary N) is 1. The van der Waals surface area contributed by atoms with Crippen molar-refractivity contribution in [2.75, 3.05) is 12.0 Å². The molecule has 0 spiro atoms. The van der Waals surface area contributed by atoms with Crippen molar-refractivity contribution in [3.63, 3.8) is 0 Å². The lowest BCUT2D eigenvalue weighted by Crippen LogP contribution is -2.30. The molecule has 3 N–H and O–H groups in total. The maximum absolute atomic E-state index is 11.2. The highest BCUT2D eigenvalue weighted by molar-refractivity contribution is 7.89. The van der Waals surface area contributed by atoms with Crippen LogP contribution in [0.15, 0.2) is 18.3 Å². The molecule has 0 aliphatic heterocycles. The predicted molar refractivity (Wildman–Crippen MR) is 55.3 cm³/mol. The summed E-state index contributed by atoms with van der Waals surface area (Å²) in [5.41, 5.74) is 6.35. The molecule has 0 atom stereocenters. The van der Waals surface area contributed by atoms with Crippen molar-refractivity contribution in [3.05, 3.63) is 24.0 Å². The fourth-order valence-electron chi connectivity index (χ4n) is 0.948. The molecule has 1 aromatic heterocycles. The van der Waals surface area contributed by atoms with Crippen LogP contribution in [0.25, 0.3) is 0 Å². The normalized spacial score (nSPS) is 11.0. The van der Waals surface area contributed by atoms with Crippen LogP contribution in [0.2, 0.25) is 0 Å². The third-order valence-electron chi connectivity index (χ3n) is 1.49. The number of anilines is 1. The zero-order chi connectivity index (χ0) is 11.5. The lowest BCUT2D eigenvalue weighted by Gasteiger charge is -2.02. The Morgan fingerprint density at radius 1 is 1.53 bits per heavy atom. The summed E-state index contributed by atoms with van der Waals surface area (Å²) in [7, 11) is -3.50. The minimum atomic E-state index is -3.50. The number of aromatic nitrogens is 1. The van der Waals surface area contributed by atoms with Crippen LogP contribution in [-0.2, 0) is 21.2 Å². The Balaban J connectivity index is 2.63. The molecule has 0 aromatic carbocycles. The van der Waals surface area contributed by atoms with E-state index < -0.39 is 15.9 Å². The van der Waals surface area contributed by atoms with Gasteiger partial charge in [0.05, 0.1) is 24.6 Å². The maximum atomic E-state index is 11.2. The van der Waals surface area contributed by atoms with Gasteiger partial charge >= 0.3 is 0 Å². The minimum absolute atomic E-state index is 0.0899. The van der Waals surface area contributed by atoms with Gasteiger partial charge in [-0.1, -0.05) is 0 Å². The van der Waals surface area contributed by atoms with E-state index in [1.165, 1.54) is 6.20 Å². The summed E-state index contributed by atoms with van der Waals surface area (Å²) in [5, 5.41) is 0. The van der Waals surface area contributed by atoms with Crippen LogP contribution >= 0.6 is 0 Å². The van der Waals surface area contributed by atoms with Crippen LogP contribution in [0.1, 0.15) is 5.69 Å². The van der Waals surface area contributed by atoms with E-state index in [0.717, 1.165) is 6.26 Å². The van der Waals surface area contributed by atoms with Crippen molar-refractivity contribution < 1.29 is 13.2 Å². The molecule has 0 aliphatic rings. The van der Waals surface area contributed by atoms with Gasteiger partial charge in [-0.3, -0.25) is 14.5 Å². The van der Waals surface area contributed by atoms with Crippen molar-refractivity contribution in [1.29, 1.82) is 0 Å². The maximum Gasteiger partial charge on any atom is 0.239 e. The highest BCUT2D eigenvalue weighted by Gasteiger charge is 2.09. The van der Waals surface area contributed by atoms with E-state index in [2.05, 4.69) is 4.98 Å². The molecule has 1 heterocycles. The first-order chi connectivity index (χ1) is 6.87. The Morgan fingerprint density at radius 3 is 2.67 bits per heavy atom. The van der Waals surface area contributed by atoms with E-state index in [9.17, 15) is 13.2 Å². The SMILES string of the molecule is CS(=O)(=O)NC(=O)Cc1ccc(N)cn1. The van der Waals surface area contributed by atoms with Gasteiger partial charge in [0.25, 0.3) is 0 Å². The number of carbonyl (C=O) groups is 1. The average molecular weight is 229 g/mol. The van der Waals surface area contributed by atoms with Crippen molar-refractivity contribution in [3.8, 4) is 0 Å². The van der Waals surface area contributed by atoms with Crippen LogP contribution in [0, 0.1) is 0 Å². The second kappa shape index (κ2) is 4.26. The Labute approximate surface area is 87.6 Å². The summed E-state index contributed by atoms with van der Waals surface area (Å²) in [6, 6.07) is 3.16. The average Bonchev–Trinajstić information content (AvgIpc) is 2.05. The number of nitrogens with zero attached hydrogens (tertiary/aromatic N) is 1. The summed E-state index contributed by atoms with van der Waals surface area (Å²) in [5.74, 6) is -0.616. The molecule has 1 aromatic rings. The van der Waals surface area contributed by atoms with Gasteiger partial charge < -0.3 is 5.73 Å². The smallest absolute Gasteiger partial charge is 0.239 e. The molecule has 0 aliphatic carbocycles. The van der Waals surface area contributed by atoms with Gasteiger partial charge in [-0.25, -0.2) is 8.42 Å². The second-order valence-electron chi connectivity index (χ2n) is 3.06. The van der Waals surface area contributed by atoms with Gasteiger partial charge in [0.2, 0.25) is 15.9 Å². The molecule has 0 fully saturated rings. The van der Waals surface area contributed by atoms with Crippen molar-refractivity contribution >= 4 is 21.6 Å². The van der Waals surface area contributed by atoms with Crippen molar-refractivity contribution in [1.82, 2.24) is 9.71 Å². The molecule has 15 heavy (non-hydrogen) atoms. The summed E-state index contributed by atoms with van der Waals surface area (Å²) < 4.78 is 23.3. The van der Waals surface area contributed by atoms with E-state index in [1.54, 1.807) is 12.1 Å². The fourth-order valence-corrected chi connectivity index (χ4v) is 1.43. The zero-order valence-electron chi connectivity index (χ0n) is 8.10. The third-order valence-corrected chi connectivity index (χ3v) is 2.09. The number of carbonyl (C=O) groups excluding carboxylic acids is 1. The lowest BCUT2D eigenvalue weighted by molar-refractivity contribution is -0.118. The van der Waals surface area contributed by atoms with Crippen LogP contribution in [0.4, 0.5) is 5.69 Å². The summed E-state index contributed by atoms with van der Waals surface area (Å²) >= 11 is 0. The molecular weight excluding hydrogens is 218 g/mol. The third kappa shape index (κ3) is 4.41. The van der Waals surface area contributed by atoms with Crippen LogP contribution in [0.5, 0.6) is 0 Å². The van der Waals surface area contributed by atoms with Gasteiger partial charge in [0.1, 0.15) is 0 Å². The molecule has 0 bridgehead atoms. The van der Waals surface area contributed by atoms with Crippen LogP contribution in [0.3, 0.4) is 0 Å². The summed E-state index contributed by atoms with van der Waals surface area (Å²) in [6.07, 6.45) is 2.23. The molecule has 82 valence electrons.